The first kappa shape index (κ1) is 22.9. The highest BCUT2D eigenvalue weighted by Crippen LogP contribution is 2.22. The van der Waals surface area contributed by atoms with Gasteiger partial charge in [-0.3, -0.25) is 14.9 Å². The molecule has 1 aromatic heterocycles. The molecule has 32 heavy (non-hydrogen) atoms. The number of aromatic nitrogens is 2. The molecule has 4 N–H and O–H groups in total. The Morgan fingerprint density at radius 1 is 0.938 bits per heavy atom. The van der Waals surface area contributed by atoms with Gasteiger partial charge in [0, 0.05) is 10.6 Å². The molecule has 2 aromatic carbocycles. The number of hydrogen-bond acceptors (Lipinski definition) is 8. The van der Waals surface area contributed by atoms with Gasteiger partial charge in [-0.2, -0.15) is 0 Å². The molecule has 0 spiro atoms. The number of hydrogen-bond donors (Lipinski definition) is 4. The van der Waals surface area contributed by atoms with Crippen LogP contribution in [0.5, 0.6) is 0 Å². The van der Waals surface area contributed by atoms with Crippen molar-refractivity contribution >= 4 is 57.7 Å². The molecule has 0 fully saturated rings. The maximum atomic E-state index is 12.5. The molecule has 0 aliphatic rings. The number of carbonyl (C=O) groups excluding carboxylic acids is 2. The summed E-state index contributed by atoms with van der Waals surface area (Å²) in [6.45, 7) is 1.79. The molecule has 0 saturated heterocycles. The highest BCUT2D eigenvalue weighted by Gasteiger charge is 2.19. The van der Waals surface area contributed by atoms with Gasteiger partial charge in [0.05, 0.1) is 22.4 Å². The van der Waals surface area contributed by atoms with E-state index in [1.807, 2.05) is 0 Å². The molecule has 2 amide bonds. The quantitative estimate of drug-likeness (QED) is 0.361. The number of nitrogens with zero attached hydrogens (tertiary/aromatic N) is 2. The van der Waals surface area contributed by atoms with Crippen LogP contribution >= 0.6 is 23.1 Å². The van der Waals surface area contributed by atoms with Crippen LogP contribution in [-0.2, 0) is 4.79 Å². The summed E-state index contributed by atoms with van der Waals surface area (Å²) in [4.78, 5) is 47.7. The molecule has 0 saturated carbocycles. The smallest absolute Gasteiger partial charge is 0.336 e. The minimum atomic E-state index is -1.41. The van der Waals surface area contributed by atoms with Crippen LogP contribution in [0.4, 0.5) is 10.8 Å². The molecule has 3 rings (SSSR count). The predicted molar refractivity (Wildman–Crippen MR) is 119 cm³/mol. The maximum Gasteiger partial charge on any atom is 0.336 e. The zero-order valence-corrected chi connectivity index (χ0v) is 18.1. The number of carboxylic acid groups (broad SMARTS) is 2. The van der Waals surface area contributed by atoms with E-state index in [-0.39, 0.29) is 22.8 Å². The van der Waals surface area contributed by atoms with Crippen LogP contribution in [-0.4, -0.2) is 49.9 Å². The molecule has 3 aromatic rings. The highest BCUT2D eigenvalue weighted by atomic mass is 32.2. The Kier molecular flexibility index (Phi) is 7.18. The SMILES string of the molecule is Cc1nnc(NC(=O)CSc2ccc(NC(=O)c3ccc(C(=O)O)cc3C(=O)O)cc2)s1. The molecule has 0 bridgehead atoms. The lowest BCUT2D eigenvalue weighted by Gasteiger charge is -2.09. The van der Waals surface area contributed by atoms with Crippen LogP contribution in [0.15, 0.2) is 47.4 Å². The van der Waals surface area contributed by atoms with Gasteiger partial charge in [-0.25, -0.2) is 9.59 Å². The van der Waals surface area contributed by atoms with Crippen molar-refractivity contribution in [1.29, 1.82) is 0 Å². The average molecular weight is 473 g/mol. The second-order valence-electron chi connectivity index (χ2n) is 6.31. The van der Waals surface area contributed by atoms with Gasteiger partial charge in [0.1, 0.15) is 5.01 Å². The Morgan fingerprint density at radius 2 is 1.66 bits per heavy atom. The van der Waals surface area contributed by atoms with Gasteiger partial charge >= 0.3 is 11.9 Å². The summed E-state index contributed by atoms with van der Waals surface area (Å²) < 4.78 is 0. The number of aromatic carboxylic acids is 2. The van der Waals surface area contributed by atoms with Crippen molar-refractivity contribution in [2.24, 2.45) is 0 Å². The van der Waals surface area contributed by atoms with E-state index in [9.17, 15) is 24.3 Å². The van der Waals surface area contributed by atoms with E-state index in [1.54, 1.807) is 31.2 Å². The predicted octanol–water partition coefficient (Wildman–Crippen LogP) is 3.23. The van der Waals surface area contributed by atoms with Crippen molar-refractivity contribution < 1.29 is 29.4 Å². The van der Waals surface area contributed by atoms with Gasteiger partial charge in [-0.05, 0) is 49.4 Å². The van der Waals surface area contributed by atoms with E-state index < -0.39 is 23.4 Å². The molecule has 0 unspecified atom stereocenters. The van der Waals surface area contributed by atoms with E-state index >= 15 is 0 Å². The second kappa shape index (κ2) is 10.0. The van der Waals surface area contributed by atoms with Crippen LogP contribution in [0.3, 0.4) is 0 Å². The minimum absolute atomic E-state index is 0.155. The number of carbonyl (C=O) groups is 4. The van der Waals surface area contributed by atoms with E-state index in [2.05, 4.69) is 20.8 Å². The largest absolute Gasteiger partial charge is 0.478 e. The minimum Gasteiger partial charge on any atom is -0.478 e. The molecule has 0 atom stereocenters. The average Bonchev–Trinajstić information content (AvgIpc) is 3.17. The number of thioether (sulfide) groups is 1. The molecule has 12 heteroatoms. The van der Waals surface area contributed by atoms with Gasteiger partial charge in [-0.1, -0.05) is 11.3 Å². The first-order valence-electron chi connectivity index (χ1n) is 8.97. The fourth-order valence-electron chi connectivity index (χ4n) is 2.54. The van der Waals surface area contributed by atoms with Gasteiger partial charge < -0.3 is 15.5 Å². The number of rotatable bonds is 8. The molecule has 0 aliphatic heterocycles. The van der Waals surface area contributed by atoms with Crippen molar-refractivity contribution in [2.45, 2.75) is 11.8 Å². The summed E-state index contributed by atoms with van der Waals surface area (Å²) in [5.41, 5.74) is -0.395. The third-order valence-electron chi connectivity index (χ3n) is 4.00. The zero-order chi connectivity index (χ0) is 23.3. The van der Waals surface area contributed by atoms with Gasteiger partial charge in [0.25, 0.3) is 5.91 Å². The molecular formula is C20H16N4O6S2. The number of aryl methyl sites for hydroxylation is 1. The summed E-state index contributed by atoms with van der Waals surface area (Å²) in [6, 6.07) is 9.88. The molecular weight excluding hydrogens is 456 g/mol. The van der Waals surface area contributed by atoms with Crippen molar-refractivity contribution in [3.05, 3.63) is 64.2 Å². The summed E-state index contributed by atoms with van der Waals surface area (Å²) in [5, 5.41) is 32.4. The maximum absolute atomic E-state index is 12.5. The highest BCUT2D eigenvalue weighted by molar-refractivity contribution is 8.00. The number of carboxylic acids is 2. The van der Waals surface area contributed by atoms with Gasteiger partial charge in [0.15, 0.2) is 0 Å². The van der Waals surface area contributed by atoms with Gasteiger partial charge in [-0.15, -0.1) is 22.0 Å². The van der Waals surface area contributed by atoms with E-state index in [0.717, 1.165) is 28.1 Å². The first-order chi connectivity index (χ1) is 15.2. The van der Waals surface area contributed by atoms with Crippen LogP contribution in [0.25, 0.3) is 0 Å². The second-order valence-corrected chi connectivity index (χ2v) is 8.54. The Bertz CT molecular complexity index is 1190. The lowest BCUT2D eigenvalue weighted by molar-refractivity contribution is -0.113. The van der Waals surface area contributed by atoms with Crippen molar-refractivity contribution in [3.8, 4) is 0 Å². The number of amides is 2. The lowest BCUT2D eigenvalue weighted by atomic mass is 10.0. The van der Waals surface area contributed by atoms with Crippen LogP contribution in [0.2, 0.25) is 0 Å². The fourth-order valence-corrected chi connectivity index (χ4v) is 3.84. The molecule has 1 heterocycles. The third-order valence-corrected chi connectivity index (χ3v) is 5.76. The molecule has 0 aliphatic carbocycles. The summed E-state index contributed by atoms with van der Waals surface area (Å²) >= 11 is 2.57. The topological polar surface area (TPSA) is 159 Å². The summed E-state index contributed by atoms with van der Waals surface area (Å²) in [7, 11) is 0. The monoisotopic (exact) mass is 472 g/mol. The van der Waals surface area contributed by atoms with E-state index in [0.29, 0.717) is 10.8 Å². The summed E-state index contributed by atoms with van der Waals surface area (Å²) in [6.07, 6.45) is 0. The van der Waals surface area contributed by atoms with Crippen molar-refractivity contribution in [2.75, 3.05) is 16.4 Å². The molecule has 10 nitrogen and oxygen atoms in total. The number of anilines is 2. The van der Waals surface area contributed by atoms with Gasteiger partial charge in [0.2, 0.25) is 11.0 Å². The number of benzene rings is 2. The Balaban J connectivity index is 1.60. The Hall–Kier alpha value is -3.77. The standard InChI is InChI=1S/C20H16N4O6S2/c1-10-23-24-20(32-10)22-16(25)9-31-13-5-3-12(4-6-13)21-17(26)14-7-2-11(18(27)28)8-15(14)19(29)30/h2-8H,9H2,1H3,(H,21,26)(H,27,28)(H,29,30)(H,22,24,25). The first-order valence-corrected chi connectivity index (χ1v) is 10.8. The van der Waals surface area contributed by atoms with Crippen LogP contribution in [0, 0.1) is 6.92 Å². The number of nitrogens with one attached hydrogen (secondary N) is 2. The Labute approximate surface area is 189 Å². The van der Waals surface area contributed by atoms with Crippen molar-refractivity contribution in [3.63, 3.8) is 0 Å². The van der Waals surface area contributed by atoms with Crippen molar-refractivity contribution in [1.82, 2.24) is 10.2 Å². The zero-order valence-electron chi connectivity index (χ0n) is 16.5. The van der Waals surface area contributed by atoms with E-state index in [1.165, 1.54) is 23.1 Å². The molecule has 0 radical (unpaired) electrons. The fraction of sp³-hybridized carbons (Fsp3) is 0.100. The normalized spacial score (nSPS) is 10.4. The van der Waals surface area contributed by atoms with Crippen LogP contribution in [0.1, 0.15) is 36.1 Å². The lowest BCUT2D eigenvalue weighted by Crippen LogP contribution is -2.17. The third kappa shape index (κ3) is 5.89. The molecule has 164 valence electrons. The summed E-state index contributed by atoms with van der Waals surface area (Å²) in [5.74, 6) is -3.46. The Morgan fingerprint density at radius 3 is 2.25 bits per heavy atom. The van der Waals surface area contributed by atoms with E-state index in [4.69, 9.17) is 5.11 Å². The van der Waals surface area contributed by atoms with Crippen LogP contribution < -0.4 is 10.6 Å².